The third-order valence-corrected chi connectivity index (χ3v) is 24.6. The molecule has 0 aliphatic rings. The lowest BCUT2D eigenvalue weighted by atomic mass is 9.86. The van der Waals surface area contributed by atoms with Gasteiger partial charge in [0.2, 0.25) is 28.5 Å². The molecule has 121 heavy (non-hydrogen) atoms. The highest BCUT2D eigenvalue weighted by Gasteiger charge is 2.27. The minimum Gasteiger partial charge on any atom is -0.201 e. The lowest BCUT2D eigenvalue weighted by Gasteiger charge is -2.18. The van der Waals surface area contributed by atoms with E-state index in [-0.39, 0.29) is 11.1 Å². The van der Waals surface area contributed by atoms with E-state index < -0.39 is 20.6 Å². The van der Waals surface area contributed by atoms with Crippen LogP contribution in [0.3, 0.4) is 0 Å². The van der Waals surface area contributed by atoms with Gasteiger partial charge in [-0.25, -0.2) is 22.8 Å². The van der Waals surface area contributed by atoms with Crippen LogP contribution in [0, 0.1) is 180 Å². The minimum absolute atomic E-state index is 0.185. The van der Waals surface area contributed by atoms with Crippen molar-refractivity contribution in [3.8, 4) is 112 Å². The Morgan fingerprint density at radius 1 is 0.174 bits per heavy atom. The van der Waals surface area contributed by atoms with Gasteiger partial charge in [0, 0.05) is 71.5 Å². The summed E-state index contributed by atoms with van der Waals surface area (Å²) in [6.07, 6.45) is 10.3. The molecule has 10 aromatic carbocycles. The molecule has 0 amide bonds. The average molecular weight is 1610 g/mol. The molecule has 0 saturated heterocycles. The van der Waals surface area contributed by atoms with E-state index in [0.29, 0.717) is 16.8 Å². The lowest BCUT2D eigenvalue weighted by molar-refractivity contribution is -0.660. The Labute approximate surface area is 739 Å². The minimum atomic E-state index is -2.34. The first-order chi connectivity index (χ1) is 61.0. The van der Waals surface area contributed by atoms with Gasteiger partial charge in [-0.3, -0.25) is 0 Å². The van der Waals surface area contributed by atoms with Crippen molar-refractivity contribution >= 4 is 0 Å². The average Bonchev–Trinajstić information content (AvgIpc) is 0.755. The van der Waals surface area contributed by atoms with Gasteiger partial charge in [0.25, 0.3) is 0 Å². The third-order valence-electron chi connectivity index (χ3n) is 24.6. The van der Waals surface area contributed by atoms with Crippen molar-refractivity contribution in [3.05, 3.63) is 382 Å². The molecule has 0 aliphatic carbocycles. The second kappa shape index (κ2) is 38.1. The number of aryl methyl sites for hydroxylation is 26. The van der Waals surface area contributed by atoms with Gasteiger partial charge >= 0.3 is 0 Å². The van der Waals surface area contributed by atoms with Gasteiger partial charge in [-0.2, -0.15) is 0 Å². The summed E-state index contributed by atoms with van der Waals surface area (Å²) in [4.78, 5) is 0. The zero-order chi connectivity index (χ0) is 95.5. The van der Waals surface area contributed by atoms with E-state index in [4.69, 9.17) is 12.3 Å². The van der Waals surface area contributed by atoms with Crippen molar-refractivity contribution in [1.29, 1.82) is 0 Å². The summed E-state index contributed by atoms with van der Waals surface area (Å²) < 4.78 is 82.6. The molecule has 15 rings (SSSR count). The summed E-state index contributed by atoms with van der Waals surface area (Å²) in [6.45, 7) is 42.7. The number of hydrogen-bond acceptors (Lipinski definition) is 0. The number of nitrogens with zero attached hydrogens (tertiary/aromatic N) is 5. The first-order valence-corrected chi connectivity index (χ1v) is 42.3. The largest absolute Gasteiger partial charge is 0.213 e. The van der Waals surface area contributed by atoms with Crippen LogP contribution >= 0.6 is 0 Å². The molecule has 616 valence electrons. The Morgan fingerprint density at radius 3 is 0.826 bits per heavy atom. The maximum absolute atomic E-state index is 8.13. The standard InChI is InChI=1S/C24H28N.4C23H26N/c1-15-10-8-9-11-21(15)23-17(3)12-18(4)24(20(23)6)22-13-16(2)19(5)14-25(22)7;1-15-10-11-20(16(2)13-15)22-17(3)14-18(4)23(19(22)5)21-9-7-8-12-24(21)6;2*1-15-11-12-21(24(6)14-15)23-18(4)13-17(3)22(19(23)5)20-10-8-7-9-16(20)2;1-15-11-12-24(6)21(13-15)23-18(4)14-17(3)22(19(23)5)20-10-8-7-9-16(20)2/h8-14H,1-7H3;4*7-14H,1-6H3/q5*+1/i;;4D3;;1D3,4D3. The summed E-state index contributed by atoms with van der Waals surface area (Å²) in [5.74, 6) is 0. The molecule has 5 nitrogen and oxygen atoms in total. The molecule has 5 aromatic heterocycles. The van der Waals surface area contributed by atoms with Gasteiger partial charge < -0.3 is 0 Å². The van der Waals surface area contributed by atoms with Crippen LogP contribution in [0.5, 0.6) is 0 Å². The summed E-state index contributed by atoms with van der Waals surface area (Å²) in [6, 6.07) is 71.3. The maximum Gasteiger partial charge on any atom is 0.213 e. The quantitative estimate of drug-likeness (QED) is 0.122. The molecule has 0 radical (unpaired) electrons. The van der Waals surface area contributed by atoms with E-state index in [1.807, 2.05) is 114 Å². The van der Waals surface area contributed by atoms with Gasteiger partial charge in [-0.1, -0.05) is 151 Å². The van der Waals surface area contributed by atoms with Crippen LogP contribution in [-0.2, 0) is 35.2 Å². The van der Waals surface area contributed by atoms with Crippen molar-refractivity contribution in [2.24, 2.45) is 35.2 Å². The second-order valence-electron chi connectivity index (χ2n) is 34.1. The molecule has 0 spiro atoms. The molecule has 15 aromatic rings. The van der Waals surface area contributed by atoms with Crippen LogP contribution in [0.25, 0.3) is 112 Å². The SMILES string of the molecule is Cc1cc(-c2c(C)cc(C)c(-c3ccccc3C)c2C)[n+](C)cc1C.Cc1ccc(-c2c(C)cc(C)c(-c3cccc[n+]3C)c2C)c(C)c1.Cc1ccc(-c2c(C)cc(C)c(-c3ccccc3C)c2C)[n+](C)c1.[2H]C([2H])([2H])c1cc(C)c(-c2ccccc2C)c(C)c1-c1ccc(C)c[n+]1C.[2H]C([2H])([2H])c1cc[n+](C)c(-c2c(C([2H])([2H])[2H])cc(C)c(-c3ccccc3C)c2C)c1. The maximum atomic E-state index is 8.13. The molecule has 0 atom stereocenters. The van der Waals surface area contributed by atoms with Crippen molar-refractivity contribution in [2.45, 2.75) is 180 Å². The zero-order valence-electron chi connectivity index (χ0n) is 86.3. The van der Waals surface area contributed by atoms with Gasteiger partial charge in [0.1, 0.15) is 35.2 Å². The number of aromatic nitrogens is 5. The first-order valence-electron chi connectivity index (χ1n) is 46.8. The lowest BCUT2D eigenvalue weighted by Crippen LogP contribution is -2.32. The summed E-state index contributed by atoms with van der Waals surface area (Å²) >= 11 is 0. The van der Waals surface area contributed by atoms with Gasteiger partial charge in [-0.05, 0) is 376 Å². The highest BCUT2D eigenvalue weighted by atomic mass is 14.9. The second-order valence-corrected chi connectivity index (χ2v) is 34.1. The number of pyridine rings is 5. The normalized spacial score (nSPS) is 12.3. The predicted molar refractivity (Wildman–Crippen MR) is 516 cm³/mol. The van der Waals surface area contributed by atoms with Gasteiger partial charge in [0.05, 0.1) is 27.8 Å². The van der Waals surface area contributed by atoms with Gasteiger partial charge in [0.15, 0.2) is 31.0 Å². The van der Waals surface area contributed by atoms with Crippen LogP contribution in [0.1, 0.15) is 157 Å². The van der Waals surface area contributed by atoms with Crippen LogP contribution in [0.4, 0.5) is 0 Å². The molecule has 0 aliphatic heterocycles. The Kier molecular flexibility index (Phi) is 24.4. The Balaban J connectivity index is 0.000000157. The topological polar surface area (TPSA) is 19.4 Å². The van der Waals surface area contributed by atoms with Crippen LogP contribution in [-0.4, -0.2) is 0 Å². The van der Waals surface area contributed by atoms with E-state index in [1.54, 1.807) is 36.0 Å². The van der Waals surface area contributed by atoms with Crippen molar-refractivity contribution in [1.82, 2.24) is 0 Å². The molecule has 0 fully saturated rings. The molecule has 0 unspecified atom stereocenters. The Morgan fingerprint density at radius 2 is 0.471 bits per heavy atom. The van der Waals surface area contributed by atoms with Crippen LogP contribution < -0.4 is 22.8 Å². The van der Waals surface area contributed by atoms with Crippen molar-refractivity contribution < 1.29 is 35.2 Å². The fourth-order valence-corrected chi connectivity index (χ4v) is 18.7. The monoisotopic (exact) mass is 1600 g/mol. The van der Waals surface area contributed by atoms with Crippen molar-refractivity contribution in [2.75, 3.05) is 0 Å². The van der Waals surface area contributed by atoms with Crippen LogP contribution in [0.2, 0.25) is 0 Å². The molecule has 5 heteroatoms. The van der Waals surface area contributed by atoms with E-state index in [2.05, 4.69) is 305 Å². The number of rotatable bonds is 10. The molecule has 0 saturated carbocycles. The number of hydrogen-bond donors (Lipinski definition) is 0. The first kappa shape index (κ1) is 77.6. The molecular weight excluding hydrogens is 1460 g/mol. The van der Waals surface area contributed by atoms with Crippen LogP contribution in [0.15, 0.2) is 237 Å². The predicted octanol–water partition coefficient (Wildman–Crippen LogP) is 27.2. The van der Waals surface area contributed by atoms with E-state index >= 15 is 0 Å². The smallest absolute Gasteiger partial charge is 0.201 e. The summed E-state index contributed by atoms with van der Waals surface area (Å²) in [5, 5.41) is 0. The van der Waals surface area contributed by atoms with E-state index in [1.165, 1.54) is 162 Å². The molecule has 0 bridgehead atoms. The van der Waals surface area contributed by atoms with Crippen molar-refractivity contribution in [3.63, 3.8) is 0 Å². The number of benzene rings is 10. The Hall–Kier alpha value is -12.1. The Bertz CT molecular complexity index is 6680. The fraction of sp³-hybridized carbons (Fsp3) is 0.267. The third kappa shape index (κ3) is 19.2. The van der Waals surface area contributed by atoms with E-state index in [0.717, 1.165) is 66.9 Å². The highest BCUT2D eigenvalue weighted by Crippen LogP contribution is 2.44. The fourth-order valence-electron chi connectivity index (χ4n) is 18.7. The molecular formula is C116H132N5+5. The molecule has 5 heterocycles. The summed E-state index contributed by atoms with van der Waals surface area (Å²) in [7, 11) is 10.2. The molecule has 0 N–H and O–H groups in total. The van der Waals surface area contributed by atoms with E-state index in [9.17, 15) is 0 Å². The zero-order valence-corrected chi connectivity index (χ0v) is 77.3. The summed E-state index contributed by atoms with van der Waals surface area (Å²) in [5.41, 5.74) is 52.5. The van der Waals surface area contributed by atoms with Gasteiger partial charge in [-0.15, -0.1) is 0 Å². The highest BCUT2D eigenvalue weighted by molar-refractivity contribution is 5.87.